The van der Waals surface area contributed by atoms with Gasteiger partial charge in [-0.15, -0.1) is 0 Å². The number of hydrogen-bond donors (Lipinski definition) is 2. The summed E-state index contributed by atoms with van der Waals surface area (Å²) in [5, 5.41) is 7.22. The Bertz CT molecular complexity index is 1380. The molecule has 2 aliphatic rings. The molecule has 1 saturated carbocycles. The Hall–Kier alpha value is -2.44. The van der Waals surface area contributed by atoms with E-state index >= 15 is 0 Å². The molecule has 2 N–H and O–H groups in total. The van der Waals surface area contributed by atoms with E-state index in [2.05, 4.69) is 22.8 Å². The van der Waals surface area contributed by atoms with Crippen molar-refractivity contribution in [2.75, 3.05) is 17.2 Å². The number of carbonyl (C=O) groups is 2. The van der Waals surface area contributed by atoms with Gasteiger partial charge in [-0.1, -0.05) is 77.4 Å². The predicted octanol–water partition coefficient (Wildman–Crippen LogP) is 9.06. The van der Waals surface area contributed by atoms with Gasteiger partial charge < -0.3 is 15.5 Å². The summed E-state index contributed by atoms with van der Waals surface area (Å²) in [7, 11) is 0. The number of likely N-dealkylation sites (tertiary alicyclic amines) is 1. The Labute approximate surface area is 261 Å². The zero-order valence-corrected chi connectivity index (χ0v) is 25.8. The minimum absolute atomic E-state index is 0.133. The van der Waals surface area contributed by atoms with Crippen molar-refractivity contribution in [2.45, 2.75) is 61.3 Å². The molecule has 2 amide bonds. The quantitative estimate of drug-likeness (QED) is 0.267. The molecule has 1 aliphatic heterocycles. The zero-order valence-electron chi connectivity index (χ0n) is 22.8. The highest BCUT2D eigenvalue weighted by atomic mass is 35.6. The Balaban J connectivity index is 1.45. The Kier molecular flexibility index (Phi) is 9.40. The van der Waals surface area contributed by atoms with E-state index in [9.17, 15) is 9.59 Å². The summed E-state index contributed by atoms with van der Waals surface area (Å²) in [6.45, 7) is 2.39. The van der Waals surface area contributed by atoms with E-state index in [4.69, 9.17) is 46.4 Å². The van der Waals surface area contributed by atoms with Crippen molar-refractivity contribution in [1.82, 2.24) is 4.90 Å². The standard InChI is InChI=1S/C32H33Cl4N3O2/c1-20-8-15-26(19-28(20)32(34,35)36)38-30(40)27-7-4-18-39(31(41)22-9-13-23(33)14-10-22)29(27)21-11-16-25(17-12-21)37-24-5-2-3-6-24/h8-17,19,24,27,29,37H,2-7,18H2,1H3,(H,38,40)/t27-,29-/m0/s1. The van der Waals surface area contributed by atoms with Crippen molar-refractivity contribution in [1.29, 1.82) is 0 Å². The number of piperidine rings is 1. The third-order valence-electron chi connectivity index (χ3n) is 8.11. The van der Waals surface area contributed by atoms with Crippen LogP contribution in [0.25, 0.3) is 0 Å². The van der Waals surface area contributed by atoms with Crippen LogP contribution in [0.15, 0.2) is 66.7 Å². The fraction of sp³-hybridized carbons (Fsp3) is 0.375. The van der Waals surface area contributed by atoms with Crippen LogP contribution in [0.5, 0.6) is 0 Å². The number of benzene rings is 3. The van der Waals surface area contributed by atoms with Crippen molar-refractivity contribution in [3.63, 3.8) is 0 Å². The molecule has 1 aliphatic carbocycles. The molecule has 5 nitrogen and oxygen atoms in total. The highest BCUT2D eigenvalue weighted by Crippen LogP contribution is 2.42. The van der Waals surface area contributed by atoms with Crippen LogP contribution in [0, 0.1) is 12.8 Å². The lowest BCUT2D eigenvalue weighted by Crippen LogP contribution is -2.46. The van der Waals surface area contributed by atoms with E-state index in [1.54, 1.807) is 36.4 Å². The SMILES string of the molecule is Cc1ccc(NC(=O)[C@H]2CCCN(C(=O)c3ccc(Cl)cc3)[C@H]2c2ccc(NC3CCCC3)cc2)cc1C(Cl)(Cl)Cl. The maximum absolute atomic E-state index is 13.9. The van der Waals surface area contributed by atoms with E-state index in [0.717, 1.165) is 16.8 Å². The van der Waals surface area contributed by atoms with Gasteiger partial charge in [0.25, 0.3) is 5.91 Å². The third-order valence-corrected chi connectivity index (χ3v) is 8.97. The highest BCUT2D eigenvalue weighted by molar-refractivity contribution is 6.66. The molecule has 0 unspecified atom stereocenters. The maximum atomic E-state index is 13.9. The molecular formula is C32H33Cl4N3O2. The highest BCUT2D eigenvalue weighted by Gasteiger charge is 2.40. The molecular weight excluding hydrogens is 600 g/mol. The Morgan fingerprint density at radius 1 is 0.854 bits per heavy atom. The first-order valence-corrected chi connectivity index (χ1v) is 15.5. The molecule has 1 heterocycles. The number of halogens is 4. The molecule has 2 fully saturated rings. The van der Waals surface area contributed by atoms with Gasteiger partial charge in [-0.25, -0.2) is 0 Å². The fourth-order valence-corrected chi connectivity index (χ4v) is 6.73. The molecule has 0 radical (unpaired) electrons. The maximum Gasteiger partial charge on any atom is 0.254 e. The van der Waals surface area contributed by atoms with Gasteiger partial charge in [0.2, 0.25) is 9.70 Å². The lowest BCUT2D eigenvalue weighted by Gasteiger charge is -2.41. The van der Waals surface area contributed by atoms with Crippen molar-refractivity contribution in [3.8, 4) is 0 Å². The van der Waals surface area contributed by atoms with Crippen molar-refractivity contribution < 1.29 is 9.59 Å². The number of anilines is 2. The summed E-state index contributed by atoms with van der Waals surface area (Å²) in [5.41, 5.74) is 4.35. The average molecular weight is 633 g/mol. The fourth-order valence-electron chi connectivity index (χ4n) is 5.99. The second kappa shape index (κ2) is 12.8. The topological polar surface area (TPSA) is 61.4 Å². The molecule has 216 valence electrons. The Morgan fingerprint density at radius 3 is 2.17 bits per heavy atom. The van der Waals surface area contributed by atoms with Crippen LogP contribution >= 0.6 is 46.4 Å². The predicted molar refractivity (Wildman–Crippen MR) is 169 cm³/mol. The van der Waals surface area contributed by atoms with Gasteiger partial charge >= 0.3 is 0 Å². The summed E-state index contributed by atoms with van der Waals surface area (Å²) < 4.78 is -1.62. The number of amides is 2. The van der Waals surface area contributed by atoms with Crippen LogP contribution in [0.4, 0.5) is 11.4 Å². The summed E-state index contributed by atoms with van der Waals surface area (Å²) in [6, 6.07) is 20.4. The number of aryl methyl sites for hydroxylation is 1. The number of rotatable bonds is 6. The van der Waals surface area contributed by atoms with Gasteiger partial charge in [-0.3, -0.25) is 9.59 Å². The molecule has 1 saturated heterocycles. The molecule has 2 atom stereocenters. The van der Waals surface area contributed by atoms with Crippen LogP contribution < -0.4 is 10.6 Å². The van der Waals surface area contributed by atoms with Crippen molar-refractivity contribution in [3.05, 3.63) is 94.0 Å². The van der Waals surface area contributed by atoms with E-state index in [1.165, 1.54) is 25.7 Å². The number of carbonyl (C=O) groups excluding carboxylic acids is 2. The van der Waals surface area contributed by atoms with Crippen LogP contribution in [0.2, 0.25) is 5.02 Å². The number of alkyl halides is 3. The second-order valence-electron chi connectivity index (χ2n) is 11.0. The second-order valence-corrected chi connectivity index (χ2v) is 13.7. The van der Waals surface area contributed by atoms with Crippen LogP contribution in [-0.2, 0) is 8.59 Å². The number of nitrogens with zero attached hydrogens (tertiary/aromatic N) is 1. The van der Waals surface area contributed by atoms with Crippen LogP contribution in [0.1, 0.15) is 71.6 Å². The normalized spacial score (nSPS) is 19.7. The zero-order chi connectivity index (χ0) is 29.1. The molecule has 5 rings (SSSR count). The first-order chi connectivity index (χ1) is 19.6. The summed E-state index contributed by atoms with van der Waals surface area (Å²) in [4.78, 5) is 29.5. The summed E-state index contributed by atoms with van der Waals surface area (Å²) in [6.07, 6.45) is 6.18. The first kappa shape index (κ1) is 30.0. The largest absolute Gasteiger partial charge is 0.382 e. The molecule has 0 bridgehead atoms. The van der Waals surface area contributed by atoms with Crippen LogP contribution in [-0.4, -0.2) is 29.3 Å². The van der Waals surface area contributed by atoms with E-state index in [-0.39, 0.29) is 11.8 Å². The Morgan fingerprint density at radius 2 is 1.51 bits per heavy atom. The van der Waals surface area contributed by atoms with E-state index in [1.807, 2.05) is 30.0 Å². The van der Waals surface area contributed by atoms with E-state index < -0.39 is 15.8 Å². The molecule has 0 aromatic heterocycles. The molecule has 9 heteroatoms. The van der Waals surface area contributed by atoms with Gasteiger partial charge in [-0.2, -0.15) is 0 Å². The van der Waals surface area contributed by atoms with Crippen molar-refractivity contribution >= 4 is 69.6 Å². The third kappa shape index (κ3) is 7.14. The van der Waals surface area contributed by atoms with Gasteiger partial charge in [0.1, 0.15) is 0 Å². The number of nitrogens with one attached hydrogen (secondary N) is 2. The van der Waals surface area contributed by atoms with Gasteiger partial charge in [0.15, 0.2) is 0 Å². The van der Waals surface area contributed by atoms with Gasteiger partial charge in [0.05, 0.1) is 12.0 Å². The smallest absolute Gasteiger partial charge is 0.254 e. The number of hydrogen-bond acceptors (Lipinski definition) is 3. The van der Waals surface area contributed by atoms with Gasteiger partial charge in [-0.05, 0) is 92.3 Å². The first-order valence-electron chi connectivity index (χ1n) is 14.0. The summed E-state index contributed by atoms with van der Waals surface area (Å²) >= 11 is 24.6. The molecule has 41 heavy (non-hydrogen) atoms. The lowest BCUT2D eigenvalue weighted by atomic mass is 9.83. The molecule has 0 spiro atoms. The summed E-state index contributed by atoms with van der Waals surface area (Å²) in [5.74, 6) is -0.798. The van der Waals surface area contributed by atoms with Crippen LogP contribution in [0.3, 0.4) is 0 Å². The lowest BCUT2D eigenvalue weighted by molar-refractivity contribution is -0.123. The minimum atomic E-state index is -1.62. The molecule has 3 aromatic rings. The average Bonchev–Trinajstić information content (AvgIpc) is 3.46. The molecule has 3 aromatic carbocycles. The van der Waals surface area contributed by atoms with E-state index in [0.29, 0.717) is 47.3 Å². The minimum Gasteiger partial charge on any atom is -0.382 e. The van der Waals surface area contributed by atoms with Gasteiger partial charge in [0, 0.05) is 40.1 Å². The van der Waals surface area contributed by atoms with Crippen molar-refractivity contribution in [2.24, 2.45) is 5.92 Å². The monoisotopic (exact) mass is 631 g/mol.